The Kier molecular flexibility index (Phi) is 8.32. The molecule has 7 nitrogen and oxygen atoms in total. The minimum Gasteiger partial charge on any atom is -0.468 e. The SMILES string of the molecule is COC(=O)C(CC(Cc1ccccc1)C(=O)COC(C)=O)C(=O)OC. The topological polar surface area (TPSA) is 96.0 Å². The second-order valence-corrected chi connectivity index (χ2v) is 5.47. The van der Waals surface area contributed by atoms with Crippen LogP contribution in [0, 0.1) is 11.8 Å². The van der Waals surface area contributed by atoms with E-state index in [2.05, 4.69) is 9.47 Å². The van der Waals surface area contributed by atoms with E-state index in [4.69, 9.17) is 4.74 Å². The third kappa shape index (κ3) is 6.74. The summed E-state index contributed by atoms with van der Waals surface area (Å²) in [6.45, 7) is 0.785. The Morgan fingerprint density at radius 2 is 1.52 bits per heavy atom. The van der Waals surface area contributed by atoms with E-state index in [1.54, 1.807) is 0 Å². The van der Waals surface area contributed by atoms with Gasteiger partial charge in [-0.3, -0.25) is 19.2 Å². The van der Waals surface area contributed by atoms with Crippen molar-refractivity contribution >= 4 is 23.7 Å². The molecule has 0 N–H and O–H groups in total. The molecule has 0 fully saturated rings. The van der Waals surface area contributed by atoms with Crippen molar-refractivity contribution < 1.29 is 33.4 Å². The lowest BCUT2D eigenvalue weighted by molar-refractivity contribution is -0.160. The van der Waals surface area contributed by atoms with Crippen molar-refractivity contribution in [3.8, 4) is 0 Å². The maximum Gasteiger partial charge on any atom is 0.320 e. The van der Waals surface area contributed by atoms with Gasteiger partial charge in [0.2, 0.25) is 0 Å². The van der Waals surface area contributed by atoms with Gasteiger partial charge >= 0.3 is 17.9 Å². The molecule has 1 aromatic rings. The third-order valence-corrected chi connectivity index (χ3v) is 3.69. The molecule has 0 saturated heterocycles. The molecule has 0 saturated carbocycles. The average molecular weight is 350 g/mol. The Morgan fingerprint density at radius 3 is 2.00 bits per heavy atom. The van der Waals surface area contributed by atoms with E-state index in [-0.39, 0.29) is 12.2 Å². The molecule has 136 valence electrons. The van der Waals surface area contributed by atoms with Gasteiger partial charge in [-0.1, -0.05) is 30.3 Å². The van der Waals surface area contributed by atoms with Crippen LogP contribution in [0.1, 0.15) is 18.9 Å². The molecule has 0 spiro atoms. The van der Waals surface area contributed by atoms with E-state index in [0.29, 0.717) is 6.42 Å². The average Bonchev–Trinajstić information content (AvgIpc) is 2.62. The maximum atomic E-state index is 12.4. The van der Waals surface area contributed by atoms with Crippen molar-refractivity contribution in [3.05, 3.63) is 35.9 Å². The number of esters is 3. The van der Waals surface area contributed by atoms with Crippen LogP contribution >= 0.6 is 0 Å². The largest absolute Gasteiger partial charge is 0.468 e. The maximum absolute atomic E-state index is 12.4. The predicted molar refractivity (Wildman–Crippen MR) is 87.4 cm³/mol. The van der Waals surface area contributed by atoms with Crippen LogP contribution in [0.2, 0.25) is 0 Å². The number of hydrogen-bond acceptors (Lipinski definition) is 7. The van der Waals surface area contributed by atoms with Crippen LogP contribution in [0.25, 0.3) is 0 Å². The Hall–Kier alpha value is -2.70. The van der Waals surface area contributed by atoms with Crippen molar-refractivity contribution in [1.29, 1.82) is 0 Å². The molecule has 0 bridgehead atoms. The molecule has 1 unspecified atom stereocenters. The summed E-state index contributed by atoms with van der Waals surface area (Å²) in [5, 5.41) is 0. The number of hydrogen-bond donors (Lipinski definition) is 0. The molecule has 0 amide bonds. The summed E-state index contributed by atoms with van der Waals surface area (Å²) in [4.78, 5) is 47.1. The molecule has 7 heteroatoms. The third-order valence-electron chi connectivity index (χ3n) is 3.69. The highest BCUT2D eigenvalue weighted by molar-refractivity contribution is 5.95. The highest BCUT2D eigenvalue weighted by Crippen LogP contribution is 2.21. The van der Waals surface area contributed by atoms with Crippen molar-refractivity contribution in [2.45, 2.75) is 19.8 Å². The summed E-state index contributed by atoms with van der Waals surface area (Å²) in [5.41, 5.74) is 0.858. The molecule has 0 aliphatic rings. The van der Waals surface area contributed by atoms with Crippen LogP contribution < -0.4 is 0 Å². The summed E-state index contributed by atoms with van der Waals surface area (Å²) in [6.07, 6.45) is 0.208. The molecular weight excluding hydrogens is 328 g/mol. The van der Waals surface area contributed by atoms with E-state index in [0.717, 1.165) is 19.8 Å². The van der Waals surface area contributed by atoms with Crippen LogP contribution in [0.3, 0.4) is 0 Å². The lowest BCUT2D eigenvalue weighted by Crippen LogP contribution is -2.33. The molecular formula is C18H22O7. The van der Waals surface area contributed by atoms with Gasteiger partial charge in [0.25, 0.3) is 0 Å². The molecule has 0 heterocycles. The second-order valence-electron chi connectivity index (χ2n) is 5.47. The highest BCUT2D eigenvalue weighted by atomic mass is 16.5. The van der Waals surface area contributed by atoms with Gasteiger partial charge in [0.1, 0.15) is 6.61 Å². The summed E-state index contributed by atoms with van der Waals surface area (Å²) < 4.78 is 14.0. The van der Waals surface area contributed by atoms with Gasteiger partial charge in [0.05, 0.1) is 14.2 Å². The summed E-state index contributed by atoms with van der Waals surface area (Å²) in [5.74, 6) is -4.42. The monoisotopic (exact) mass is 350 g/mol. The lowest BCUT2D eigenvalue weighted by Gasteiger charge is -2.20. The van der Waals surface area contributed by atoms with E-state index < -0.39 is 36.4 Å². The molecule has 1 rings (SSSR count). The van der Waals surface area contributed by atoms with Crippen molar-refractivity contribution in [2.75, 3.05) is 20.8 Å². The minimum absolute atomic E-state index is 0.0889. The van der Waals surface area contributed by atoms with E-state index in [1.165, 1.54) is 6.92 Å². The molecule has 25 heavy (non-hydrogen) atoms. The van der Waals surface area contributed by atoms with Crippen molar-refractivity contribution in [2.24, 2.45) is 11.8 Å². The zero-order chi connectivity index (χ0) is 18.8. The minimum atomic E-state index is -1.22. The zero-order valence-corrected chi connectivity index (χ0v) is 14.5. The van der Waals surface area contributed by atoms with Gasteiger partial charge in [0, 0.05) is 12.8 Å². The Labute approximate surface area is 146 Å². The fourth-order valence-electron chi connectivity index (χ4n) is 2.38. The molecule has 1 aromatic carbocycles. The van der Waals surface area contributed by atoms with Crippen molar-refractivity contribution in [1.82, 2.24) is 0 Å². The summed E-state index contributed by atoms with van der Waals surface area (Å²) >= 11 is 0. The molecule has 0 radical (unpaired) electrons. The van der Waals surface area contributed by atoms with Gasteiger partial charge in [0.15, 0.2) is 11.7 Å². The van der Waals surface area contributed by atoms with Gasteiger partial charge < -0.3 is 14.2 Å². The fourth-order valence-corrected chi connectivity index (χ4v) is 2.38. The highest BCUT2D eigenvalue weighted by Gasteiger charge is 2.34. The predicted octanol–water partition coefficient (Wildman–Crippen LogP) is 1.33. The first kappa shape index (κ1) is 20.3. The van der Waals surface area contributed by atoms with Crippen LogP contribution in [-0.4, -0.2) is 44.5 Å². The van der Waals surface area contributed by atoms with Gasteiger partial charge in [-0.2, -0.15) is 0 Å². The van der Waals surface area contributed by atoms with Crippen LogP contribution in [0.5, 0.6) is 0 Å². The number of methoxy groups -OCH3 is 2. The smallest absolute Gasteiger partial charge is 0.320 e. The van der Waals surface area contributed by atoms with Crippen LogP contribution in [0.4, 0.5) is 0 Å². The Morgan fingerprint density at radius 1 is 0.960 bits per heavy atom. The number of carbonyl (C=O) groups excluding carboxylic acids is 4. The van der Waals surface area contributed by atoms with Crippen molar-refractivity contribution in [3.63, 3.8) is 0 Å². The van der Waals surface area contributed by atoms with Gasteiger partial charge in [-0.15, -0.1) is 0 Å². The quantitative estimate of drug-likeness (QED) is 0.376. The first-order valence-electron chi connectivity index (χ1n) is 7.74. The Bertz CT molecular complexity index is 593. The van der Waals surface area contributed by atoms with E-state index >= 15 is 0 Å². The number of ketones is 1. The fraction of sp³-hybridized carbons (Fsp3) is 0.444. The number of Topliss-reactive ketones (excluding diaryl/α,β-unsaturated/α-hetero) is 1. The van der Waals surface area contributed by atoms with E-state index in [1.807, 2.05) is 30.3 Å². The first-order valence-corrected chi connectivity index (χ1v) is 7.74. The summed E-state index contributed by atoms with van der Waals surface area (Å²) in [6, 6.07) is 9.14. The van der Waals surface area contributed by atoms with E-state index in [9.17, 15) is 19.2 Å². The number of carbonyl (C=O) groups is 4. The summed E-state index contributed by atoms with van der Waals surface area (Å²) in [7, 11) is 2.32. The normalized spacial score (nSPS) is 11.5. The number of ether oxygens (including phenoxy) is 3. The number of benzene rings is 1. The molecule has 0 aliphatic heterocycles. The molecule has 0 aliphatic carbocycles. The van der Waals surface area contributed by atoms with Gasteiger partial charge in [-0.05, 0) is 18.4 Å². The van der Waals surface area contributed by atoms with Crippen LogP contribution in [0.15, 0.2) is 30.3 Å². The molecule has 1 atom stereocenters. The van der Waals surface area contributed by atoms with Gasteiger partial charge in [-0.25, -0.2) is 0 Å². The van der Waals surface area contributed by atoms with Crippen LogP contribution in [-0.2, 0) is 39.8 Å². The number of rotatable bonds is 9. The second kappa shape index (κ2) is 10.2. The standard InChI is InChI=1S/C18H22O7/c1-12(19)25-11-16(20)14(9-13-7-5-4-6-8-13)10-15(17(21)23-2)18(22)24-3/h4-8,14-15H,9-11H2,1-3H3. The Balaban J connectivity index is 2.98. The lowest BCUT2D eigenvalue weighted by atomic mass is 9.86. The zero-order valence-electron chi connectivity index (χ0n) is 14.5. The first-order chi connectivity index (χ1) is 11.9. The molecule has 0 aromatic heterocycles.